The second-order valence-corrected chi connectivity index (χ2v) is 8.24. The highest BCUT2D eigenvalue weighted by molar-refractivity contribution is 7.89. The van der Waals surface area contributed by atoms with Crippen LogP contribution in [0.2, 0.25) is 0 Å². The zero-order valence-corrected chi connectivity index (χ0v) is 16.5. The first-order valence-electron chi connectivity index (χ1n) is 8.22. The number of ether oxygens (including phenoxy) is 1. The Morgan fingerprint density at radius 2 is 1.77 bits per heavy atom. The molecule has 5 nitrogen and oxygen atoms in total. The molecule has 0 amide bonds. The first-order valence-corrected chi connectivity index (χ1v) is 9.71. The Morgan fingerprint density at radius 1 is 1.15 bits per heavy atom. The van der Waals surface area contributed by atoms with Gasteiger partial charge in [0.15, 0.2) is 0 Å². The number of benzene rings is 2. The van der Waals surface area contributed by atoms with E-state index in [1.165, 1.54) is 12.1 Å². The zero-order chi connectivity index (χ0) is 19.5. The Bertz CT molecular complexity index is 859. The van der Waals surface area contributed by atoms with Crippen LogP contribution in [0.1, 0.15) is 22.7 Å². The van der Waals surface area contributed by atoms with Crippen molar-refractivity contribution in [2.24, 2.45) is 0 Å². The van der Waals surface area contributed by atoms with Crippen molar-refractivity contribution in [2.45, 2.75) is 24.8 Å². The minimum absolute atomic E-state index is 0.128. The van der Waals surface area contributed by atoms with Crippen molar-refractivity contribution in [1.82, 2.24) is 9.62 Å². The third kappa shape index (κ3) is 4.60. The van der Waals surface area contributed by atoms with Gasteiger partial charge >= 0.3 is 0 Å². The summed E-state index contributed by atoms with van der Waals surface area (Å²) in [5.41, 5.74) is 2.21. The predicted molar refractivity (Wildman–Crippen MR) is 100 cm³/mol. The van der Waals surface area contributed by atoms with Gasteiger partial charge < -0.3 is 9.64 Å². The van der Waals surface area contributed by atoms with Crippen LogP contribution in [0.15, 0.2) is 41.3 Å². The lowest BCUT2D eigenvalue weighted by molar-refractivity contribution is 0.299. The van der Waals surface area contributed by atoms with Crippen molar-refractivity contribution in [3.05, 3.63) is 58.9 Å². The van der Waals surface area contributed by atoms with Gasteiger partial charge in [0.1, 0.15) is 11.6 Å². The molecule has 1 unspecified atom stereocenters. The number of aryl methyl sites for hydroxylation is 2. The number of hydrogen-bond donors (Lipinski definition) is 1. The van der Waals surface area contributed by atoms with Crippen LogP contribution in [-0.4, -0.2) is 41.1 Å². The summed E-state index contributed by atoms with van der Waals surface area (Å²) in [6, 6.07) is 9.06. The van der Waals surface area contributed by atoms with Crippen LogP contribution in [0.3, 0.4) is 0 Å². The van der Waals surface area contributed by atoms with Crippen molar-refractivity contribution in [3.8, 4) is 5.75 Å². The molecule has 26 heavy (non-hydrogen) atoms. The Morgan fingerprint density at radius 3 is 2.27 bits per heavy atom. The van der Waals surface area contributed by atoms with Crippen LogP contribution in [0.25, 0.3) is 0 Å². The van der Waals surface area contributed by atoms with E-state index in [9.17, 15) is 12.8 Å². The fourth-order valence-electron chi connectivity index (χ4n) is 2.97. The lowest BCUT2D eigenvalue weighted by atomic mass is 10.1. The molecule has 2 aromatic carbocycles. The number of sulfonamides is 1. The molecule has 0 saturated carbocycles. The van der Waals surface area contributed by atoms with Gasteiger partial charge in [0, 0.05) is 12.6 Å². The summed E-state index contributed by atoms with van der Waals surface area (Å²) in [4.78, 5) is 2.03. The molecule has 0 spiro atoms. The van der Waals surface area contributed by atoms with Crippen molar-refractivity contribution < 1.29 is 17.5 Å². The van der Waals surface area contributed by atoms with E-state index < -0.39 is 10.0 Å². The largest absolute Gasteiger partial charge is 0.496 e. The van der Waals surface area contributed by atoms with Crippen LogP contribution in [-0.2, 0) is 10.0 Å². The van der Waals surface area contributed by atoms with Crippen LogP contribution in [0.5, 0.6) is 5.75 Å². The van der Waals surface area contributed by atoms with Crippen LogP contribution in [0.4, 0.5) is 4.39 Å². The van der Waals surface area contributed by atoms with E-state index in [2.05, 4.69) is 4.72 Å². The first-order chi connectivity index (χ1) is 12.2. The molecule has 2 rings (SSSR count). The molecular formula is C19H25FN2O3S. The number of nitrogens with one attached hydrogen (secondary N) is 1. The molecule has 142 valence electrons. The van der Waals surface area contributed by atoms with E-state index in [1.54, 1.807) is 45.2 Å². The normalized spacial score (nSPS) is 13.0. The van der Waals surface area contributed by atoms with Crippen molar-refractivity contribution in [3.63, 3.8) is 0 Å². The molecule has 0 aliphatic heterocycles. The van der Waals surface area contributed by atoms with E-state index >= 15 is 0 Å². The highest BCUT2D eigenvalue weighted by Gasteiger charge is 2.21. The fraction of sp³-hybridized carbons (Fsp3) is 0.368. The summed E-state index contributed by atoms with van der Waals surface area (Å²) in [5.74, 6) is 0.327. The van der Waals surface area contributed by atoms with E-state index in [-0.39, 0.29) is 23.3 Å². The average molecular weight is 380 g/mol. The zero-order valence-electron chi connectivity index (χ0n) is 15.7. The fourth-order valence-corrected chi connectivity index (χ4v) is 4.18. The smallest absolute Gasteiger partial charge is 0.240 e. The SMILES string of the molecule is COc1c(C)cc(S(=O)(=O)NCC(c2cccc(F)c2)N(C)C)cc1C. The van der Waals surface area contributed by atoms with Gasteiger partial charge in [-0.1, -0.05) is 12.1 Å². The minimum atomic E-state index is -3.70. The second kappa shape index (κ2) is 8.16. The summed E-state index contributed by atoms with van der Waals surface area (Å²) < 4.78 is 46.9. The summed E-state index contributed by atoms with van der Waals surface area (Å²) in [5, 5.41) is 0. The standard InChI is InChI=1S/C19H25FN2O3S/c1-13-9-17(10-14(2)19(13)25-5)26(23,24)21-12-18(22(3)4)15-7-6-8-16(20)11-15/h6-11,18,21H,12H2,1-5H3. The first kappa shape index (κ1) is 20.4. The maximum absolute atomic E-state index is 13.5. The Kier molecular flexibility index (Phi) is 6.39. The van der Waals surface area contributed by atoms with E-state index in [4.69, 9.17) is 4.74 Å². The molecule has 1 atom stereocenters. The third-order valence-corrected chi connectivity index (χ3v) is 5.67. The number of halogens is 1. The topological polar surface area (TPSA) is 58.6 Å². The Balaban J connectivity index is 2.25. The number of rotatable bonds is 7. The van der Waals surface area contributed by atoms with Gasteiger partial charge in [-0.3, -0.25) is 0 Å². The number of nitrogens with zero attached hydrogens (tertiary/aromatic N) is 1. The summed E-state index contributed by atoms with van der Waals surface area (Å²) >= 11 is 0. The molecular weight excluding hydrogens is 355 g/mol. The van der Waals surface area contributed by atoms with Crippen molar-refractivity contribution in [2.75, 3.05) is 27.7 Å². The van der Waals surface area contributed by atoms with Crippen molar-refractivity contribution in [1.29, 1.82) is 0 Å². The van der Waals surface area contributed by atoms with Gasteiger partial charge in [0.25, 0.3) is 0 Å². The molecule has 0 aliphatic carbocycles. The average Bonchev–Trinajstić information content (AvgIpc) is 2.54. The Labute approximate surface area is 154 Å². The van der Waals surface area contributed by atoms with Gasteiger partial charge in [0.05, 0.1) is 12.0 Å². The van der Waals surface area contributed by atoms with Crippen LogP contribution >= 0.6 is 0 Å². The summed E-state index contributed by atoms with van der Waals surface area (Å²) in [7, 11) is 1.50. The highest BCUT2D eigenvalue weighted by atomic mass is 32.2. The van der Waals surface area contributed by atoms with Crippen LogP contribution < -0.4 is 9.46 Å². The molecule has 0 bridgehead atoms. The van der Waals surface area contributed by atoms with E-state index in [1.807, 2.05) is 19.0 Å². The molecule has 0 aromatic heterocycles. The minimum Gasteiger partial charge on any atom is -0.496 e. The molecule has 1 N–H and O–H groups in total. The predicted octanol–water partition coefficient (Wildman–Crippen LogP) is 3.03. The van der Waals surface area contributed by atoms with Gasteiger partial charge in [-0.15, -0.1) is 0 Å². The molecule has 0 fully saturated rings. The molecule has 7 heteroatoms. The van der Waals surface area contributed by atoms with Gasteiger partial charge in [-0.2, -0.15) is 0 Å². The summed E-state index contributed by atoms with van der Waals surface area (Å²) in [6.07, 6.45) is 0. The number of likely N-dealkylation sites (N-methyl/N-ethyl adjacent to an activating group) is 1. The maximum atomic E-state index is 13.5. The number of hydrogen-bond acceptors (Lipinski definition) is 4. The molecule has 2 aromatic rings. The quantitative estimate of drug-likeness (QED) is 0.802. The Hall–Kier alpha value is -1.96. The molecule has 0 radical (unpaired) electrons. The monoisotopic (exact) mass is 380 g/mol. The van der Waals surface area contributed by atoms with Crippen LogP contribution in [0, 0.1) is 19.7 Å². The molecule has 0 saturated heterocycles. The second-order valence-electron chi connectivity index (χ2n) is 6.48. The lowest BCUT2D eigenvalue weighted by Crippen LogP contribution is -2.34. The highest BCUT2D eigenvalue weighted by Crippen LogP contribution is 2.27. The third-order valence-electron chi connectivity index (χ3n) is 4.27. The summed E-state index contributed by atoms with van der Waals surface area (Å²) in [6.45, 7) is 3.74. The van der Waals surface area contributed by atoms with E-state index in [0.717, 1.165) is 11.1 Å². The van der Waals surface area contributed by atoms with Crippen molar-refractivity contribution >= 4 is 10.0 Å². The lowest BCUT2D eigenvalue weighted by Gasteiger charge is -2.25. The molecule has 0 heterocycles. The van der Waals surface area contributed by atoms with Gasteiger partial charge in [-0.25, -0.2) is 17.5 Å². The van der Waals surface area contributed by atoms with Gasteiger partial charge in [0.2, 0.25) is 10.0 Å². The maximum Gasteiger partial charge on any atom is 0.240 e. The number of methoxy groups -OCH3 is 1. The molecule has 0 aliphatic rings. The van der Waals surface area contributed by atoms with E-state index in [0.29, 0.717) is 11.3 Å². The van der Waals surface area contributed by atoms with Gasteiger partial charge in [-0.05, 0) is 68.9 Å².